The van der Waals surface area contributed by atoms with Crippen molar-refractivity contribution in [3.63, 3.8) is 0 Å². The van der Waals surface area contributed by atoms with Crippen LogP contribution in [-0.4, -0.2) is 49.7 Å². The third-order valence-corrected chi connectivity index (χ3v) is 4.42. The Morgan fingerprint density at radius 3 is 2.63 bits per heavy atom. The van der Waals surface area contributed by atoms with E-state index in [1.165, 1.54) is 12.0 Å². The van der Waals surface area contributed by atoms with E-state index in [1.807, 2.05) is 13.8 Å². The topological polar surface area (TPSA) is 94.2 Å². The summed E-state index contributed by atoms with van der Waals surface area (Å²) in [6.45, 7) is 4.24. The van der Waals surface area contributed by atoms with E-state index in [4.69, 9.17) is 9.47 Å². The van der Waals surface area contributed by atoms with Gasteiger partial charge < -0.3 is 19.5 Å². The zero-order chi connectivity index (χ0) is 20.0. The van der Waals surface area contributed by atoms with Gasteiger partial charge in [0, 0.05) is 6.54 Å². The lowest BCUT2D eigenvalue weighted by Crippen LogP contribution is -2.31. The van der Waals surface area contributed by atoms with Crippen LogP contribution < -0.4 is 14.8 Å². The summed E-state index contributed by atoms with van der Waals surface area (Å²) in [6, 6.07) is 3.03. The first-order chi connectivity index (χ1) is 12.9. The summed E-state index contributed by atoms with van der Waals surface area (Å²) in [7, 11) is 1.28. The minimum absolute atomic E-state index is 0.204. The van der Waals surface area contributed by atoms with Gasteiger partial charge in [-0.15, -0.1) is 0 Å². The summed E-state index contributed by atoms with van der Waals surface area (Å²) < 4.78 is 16.4. The summed E-state index contributed by atoms with van der Waals surface area (Å²) in [5.74, 6) is -0.0164. The van der Waals surface area contributed by atoms with Crippen LogP contribution in [0.5, 0.6) is 11.5 Å². The van der Waals surface area contributed by atoms with Gasteiger partial charge in [-0.25, -0.2) is 9.59 Å². The number of carbonyl (C=O) groups excluding carboxylic acids is 3. The molecule has 2 rings (SSSR count). The predicted molar refractivity (Wildman–Crippen MR) is 106 cm³/mol. The Balaban J connectivity index is 2.31. The maximum Gasteiger partial charge on any atom is 0.343 e. The standard InChI is InChI=1S/C18H21IN2O6/c1-4-6-21-17(23)13(20-18(21)24)8-11-7-12(19)16(14(9-11)26-5-2)27-10-15(22)25-3/h7-9H,4-6,10H2,1-3H3,(H,20,24)/b13-8+. The SMILES string of the molecule is CCCN1C(=O)N/C(=C/c2cc(I)c(OCC(=O)OC)c(OCC)c2)C1=O. The molecule has 1 aromatic rings. The van der Waals surface area contributed by atoms with Crippen molar-refractivity contribution in [3.8, 4) is 11.5 Å². The molecule has 1 aliphatic rings. The first-order valence-corrected chi connectivity index (χ1v) is 9.49. The monoisotopic (exact) mass is 488 g/mol. The molecule has 0 unspecified atom stereocenters. The van der Waals surface area contributed by atoms with E-state index >= 15 is 0 Å². The lowest BCUT2D eigenvalue weighted by molar-refractivity contribution is -0.143. The van der Waals surface area contributed by atoms with Gasteiger partial charge >= 0.3 is 12.0 Å². The van der Waals surface area contributed by atoms with Gasteiger partial charge in [-0.2, -0.15) is 0 Å². The van der Waals surface area contributed by atoms with Crippen LogP contribution in [0.4, 0.5) is 4.79 Å². The molecule has 1 N–H and O–H groups in total. The number of methoxy groups -OCH3 is 1. The second kappa shape index (κ2) is 9.58. The highest BCUT2D eigenvalue weighted by atomic mass is 127. The molecule has 3 amide bonds. The Morgan fingerprint density at radius 2 is 2.00 bits per heavy atom. The molecule has 0 spiro atoms. The third kappa shape index (κ3) is 5.12. The van der Waals surface area contributed by atoms with Gasteiger partial charge in [0.2, 0.25) is 0 Å². The second-order valence-corrected chi connectivity index (χ2v) is 6.73. The van der Waals surface area contributed by atoms with Crippen molar-refractivity contribution in [2.75, 3.05) is 26.9 Å². The lowest BCUT2D eigenvalue weighted by Gasteiger charge is -2.14. The summed E-state index contributed by atoms with van der Waals surface area (Å²) in [5, 5.41) is 2.58. The van der Waals surface area contributed by atoms with Crippen LogP contribution in [0.1, 0.15) is 25.8 Å². The molecule has 1 aromatic carbocycles. The molecule has 27 heavy (non-hydrogen) atoms. The smallest absolute Gasteiger partial charge is 0.343 e. The van der Waals surface area contributed by atoms with E-state index in [1.54, 1.807) is 18.2 Å². The molecule has 0 aliphatic carbocycles. The van der Waals surface area contributed by atoms with E-state index in [0.29, 0.717) is 40.2 Å². The minimum Gasteiger partial charge on any atom is -0.490 e. The molecule has 0 saturated carbocycles. The Kier molecular flexibility index (Phi) is 7.45. The highest BCUT2D eigenvalue weighted by Crippen LogP contribution is 2.35. The molecule has 8 nitrogen and oxygen atoms in total. The molecule has 146 valence electrons. The van der Waals surface area contributed by atoms with Crippen LogP contribution in [0.25, 0.3) is 6.08 Å². The lowest BCUT2D eigenvalue weighted by atomic mass is 10.1. The number of amides is 3. The second-order valence-electron chi connectivity index (χ2n) is 5.57. The number of ether oxygens (including phenoxy) is 3. The van der Waals surface area contributed by atoms with Gasteiger partial charge in [0.15, 0.2) is 18.1 Å². The van der Waals surface area contributed by atoms with E-state index < -0.39 is 12.0 Å². The number of nitrogens with one attached hydrogen (secondary N) is 1. The number of hydrogen-bond acceptors (Lipinski definition) is 6. The predicted octanol–water partition coefficient (Wildman–Crippen LogP) is 2.54. The summed E-state index contributed by atoms with van der Waals surface area (Å²) in [5.41, 5.74) is 0.866. The van der Waals surface area contributed by atoms with Crippen molar-refractivity contribution in [3.05, 3.63) is 27.0 Å². The molecular formula is C18H21IN2O6. The maximum absolute atomic E-state index is 12.3. The fourth-order valence-corrected chi connectivity index (χ4v) is 3.21. The minimum atomic E-state index is -0.505. The molecule has 0 aromatic heterocycles. The van der Waals surface area contributed by atoms with Gasteiger partial charge in [-0.1, -0.05) is 6.92 Å². The highest BCUT2D eigenvalue weighted by Gasteiger charge is 2.32. The van der Waals surface area contributed by atoms with Crippen molar-refractivity contribution in [2.24, 2.45) is 0 Å². The van der Waals surface area contributed by atoms with Crippen LogP contribution in [0.15, 0.2) is 17.8 Å². The number of rotatable bonds is 8. The number of halogens is 1. The van der Waals surface area contributed by atoms with E-state index in [9.17, 15) is 14.4 Å². The average molecular weight is 488 g/mol. The fraction of sp³-hybridized carbons (Fsp3) is 0.389. The first kappa shape index (κ1) is 21.0. The van der Waals surface area contributed by atoms with E-state index in [2.05, 4.69) is 32.6 Å². The van der Waals surface area contributed by atoms with Gasteiger partial charge in [-0.05, 0) is 59.7 Å². The van der Waals surface area contributed by atoms with E-state index in [-0.39, 0.29) is 18.2 Å². The van der Waals surface area contributed by atoms with Crippen LogP contribution in [0, 0.1) is 3.57 Å². The Hall–Kier alpha value is -2.30. The van der Waals surface area contributed by atoms with Crippen LogP contribution in [0.3, 0.4) is 0 Å². The Morgan fingerprint density at radius 1 is 1.26 bits per heavy atom. The van der Waals surface area contributed by atoms with Crippen molar-refractivity contribution >= 4 is 46.6 Å². The van der Waals surface area contributed by atoms with Crippen LogP contribution in [-0.2, 0) is 14.3 Å². The average Bonchev–Trinajstić information content (AvgIpc) is 2.89. The molecule has 1 saturated heterocycles. The molecule has 1 fully saturated rings. The van der Waals surface area contributed by atoms with Crippen LogP contribution in [0.2, 0.25) is 0 Å². The molecule has 1 aliphatic heterocycles. The zero-order valence-electron chi connectivity index (χ0n) is 15.3. The molecule has 9 heteroatoms. The summed E-state index contributed by atoms with van der Waals surface area (Å²) in [4.78, 5) is 36.8. The quantitative estimate of drug-likeness (QED) is 0.262. The highest BCUT2D eigenvalue weighted by molar-refractivity contribution is 14.1. The largest absolute Gasteiger partial charge is 0.490 e. The fourth-order valence-electron chi connectivity index (χ4n) is 2.43. The van der Waals surface area contributed by atoms with E-state index in [0.717, 1.165) is 0 Å². The van der Waals surface area contributed by atoms with Gasteiger partial charge in [0.25, 0.3) is 5.91 Å². The van der Waals surface area contributed by atoms with Crippen molar-refractivity contribution in [1.82, 2.24) is 10.2 Å². The van der Waals surface area contributed by atoms with Crippen molar-refractivity contribution in [1.29, 1.82) is 0 Å². The molecule has 1 heterocycles. The normalized spacial score (nSPS) is 15.1. The Bertz CT molecular complexity index is 777. The molecular weight excluding hydrogens is 467 g/mol. The Labute approximate surface area is 171 Å². The zero-order valence-corrected chi connectivity index (χ0v) is 17.5. The molecule has 0 atom stereocenters. The number of hydrogen-bond donors (Lipinski definition) is 1. The summed E-state index contributed by atoms with van der Waals surface area (Å²) >= 11 is 2.05. The van der Waals surface area contributed by atoms with Gasteiger partial charge in [-0.3, -0.25) is 9.69 Å². The van der Waals surface area contributed by atoms with Crippen molar-refractivity contribution < 1.29 is 28.6 Å². The number of urea groups is 1. The number of nitrogens with zero attached hydrogens (tertiary/aromatic N) is 1. The number of carbonyl (C=O) groups is 3. The number of benzene rings is 1. The first-order valence-electron chi connectivity index (χ1n) is 8.41. The third-order valence-electron chi connectivity index (χ3n) is 3.61. The van der Waals surface area contributed by atoms with Crippen molar-refractivity contribution in [2.45, 2.75) is 20.3 Å². The van der Waals surface area contributed by atoms with Gasteiger partial charge in [0.05, 0.1) is 17.3 Å². The van der Waals surface area contributed by atoms with Gasteiger partial charge in [0.1, 0.15) is 5.70 Å². The maximum atomic E-state index is 12.3. The number of imide groups is 1. The van der Waals surface area contributed by atoms with Crippen LogP contribution >= 0.6 is 22.6 Å². The molecule has 0 bridgehead atoms. The molecule has 0 radical (unpaired) electrons. The number of esters is 1. The summed E-state index contributed by atoms with van der Waals surface area (Å²) in [6.07, 6.45) is 2.27.